The van der Waals surface area contributed by atoms with Gasteiger partial charge in [-0.25, -0.2) is 0 Å². The van der Waals surface area contributed by atoms with Gasteiger partial charge in [0.15, 0.2) is 0 Å². The second-order valence-electron chi connectivity index (χ2n) is 6.47. The van der Waals surface area contributed by atoms with Crippen molar-refractivity contribution in [3.05, 3.63) is 69.1 Å². The molecule has 140 valence electrons. The number of pyridine rings is 1. The Morgan fingerprint density at radius 1 is 1.23 bits per heavy atom. The van der Waals surface area contributed by atoms with Crippen LogP contribution in [0.25, 0.3) is 0 Å². The summed E-state index contributed by atoms with van der Waals surface area (Å²) in [6.45, 7) is 6.40. The molecule has 1 aromatic carbocycles. The van der Waals surface area contributed by atoms with Crippen molar-refractivity contribution in [3.63, 3.8) is 0 Å². The molecule has 26 heavy (non-hydrogen) atoms. The van der Waals surface area contributed by atoms with E-state index in [9.17, 15) is 14.7 Å². The Labute approximate surface area is 154 Å². The van der Waals surface area contributed by atoms with E-state index in [1.165, 1.54) is 0 Å². The van der Waals surface area contributed by atoms with Crippen molar-refractivity contribution >= 4 is 5.91 Å². The molecular weight excluding hydrogens is 328 g/mol. The molecule has 0 saturated heterocycles. The number of aliphatic hydroxyl groups excluding tert-OH is 1. The summed E-state index contributed by atoms with van der Waals surface area (Å²) in [4.78, 5) is 25.6. The summed E-state index contributed by atoms with van der Waals surface area (Å²) < 4.78 is 1.73. The first-order valence-corrected chi connectivity index (χ1v) is 9.23. The molecule has 0 aliphatic heterocycles. The Morgan fingerprint density at radius 3 is 2.50 bits per heavy atom. The van der Waals surface area contributed by atoms with Crippen LogP contribution in [-0.2, 0) is 13.0 Å². The number of amides is 1. The highest BCUT2D eigenvalue weighted by molar-refractivity contribution is 5.94. The van der Waals surface area contributed by atoms with Gasteiger partial charge in [0.2, 0.25) is 0 Å². The zero-order valence-corrected chi connectivity index (χ0v) is 15.8. The van der Waals surface area contributed by atoms with Crippen LogP contribution in [0.1, 0.15) is 59.9 Å². The first kappa shape index (κ1) is 19.9. The summed E-state index contributed by atoms with van der Waals surface area (Å²) in [5.74, 6) is -0.450. The molecule has 0 bridgehead atoms. The summed E-state index contributed by atoms with van der Waals surface area (Å²) in [6.07, 6.45) is 2.61. The molecule has 0 radical (unpaired) electrons. The molecule has 1 aromatic heterocycles. The van der Waals surface area contributed by atoms with Gasteiger partial charge in [0, 0.05) is 12.2 Å². The Balaban J connectivity index is 2.36. The van der Waals surface area contributed by atoms with Crippen LogP contribution in [0.15, 0.2) is 41.2 Å². The largest absolute Gasteiger partial charge is 0.394 e. The molecule has 0 saturated carbocycles. The summed E-state index contributed by atoms with van der Waals surface area (Å²) in [5, 5.41) is 12.4. The van der Waals surface area contributed by atoms with Gasteiger partial charge in [-0.3, -0.25) is 9.59 Å². The monoisotopic (exact) mass is 356 g/mol. The van der Waals surface area contributed by atoms with Crippen molar-refractivity contribution in [2.45, 2.75) is 52.6 Å². The van der Waals surface area contributed by atoms with E-state index in [2.05, 4.69) is 12.2 Å². The fourth-order valence-corrected chi connectivity index (χ4v) is 3.18. The molecule has 5 heteroatoms. The lowest BCUT2D eigenvalue weighted by atomic mass is 10.1. The number of carbonyl (C=O) groups is 1. The van der Waals surface area contributed by atoms with Gasteiger partial charge in [0.1, 0.15) is 5.56 Å². The average molecular weight is 356 g/mol. The van der Waals surface area contributed by atoms with Crippen LogP contribution in [0.5, 0.6) is 0 Å². The fraction of sp³-hybridized carbons (Fsp3) is 0.429. The van der Waals surface area contributed by atoms with E-state index < -0.39 is 11.9 Å². The molecule has 1 amide bonds. The minimum atomic E-state index is -0.543. The summed E-state index contributed by atoms with van der Waals surface area (Å²) in [7, 11) is 0. The van der Waals surface area contributed by atoms with E-state index in [1.807, 2.05) is 44.2 Å². The van der Waals surface area contributed by atoms with Crippen molar-refractivity contribution in [2.24, 2.45) is 0 Å². The number of aromatic nitrogens is 1. The molecule has 0 spiro atoms. The van der Waals surface area contributed by atoms with Crippen LogP contribution in [0.4, 0.5) is 0 Å². The Kier molecular flexibility index (Phi) is 7.16. The van der Waals surface area contributed by atoms with Crippen LogP contribution in [0, 0.1) is 6.92 Å². The van der Waals surface area contributed by atoms with Crippen LogP contribution in [0.2, 0.25) is 0 Å². The van der Waals surface area contributed by atoms with Gasteiger partial charge < -0.3 is 15.0 Å². The van der Waals surface area contributed by atoms with Crippen molar-refractivity contribution in [1.82, 2.24) is 9.88 Å². The third kappa shape index (κ3) is 4.41. The molecule has 0 aliphatic rings. The lowest BCUT2D eigenvalue weighted by Gasteiger charge is -2.19. The average Bonchev–Trinajstić information content (AvgIpc) is 2.66. The summed E-state index contributed by atoms with van der Waals surface area (Å²) in [5.41, 5.74) is 2.58. The second-order valence-corrected chi connectivity index (χ2v) is 6.47. The van der Waals surface area contributed by atoms with Crippen molar-refractivity contribution in [3.8, 4) is 0 Å². The van der Waals surface area contributed by atoms with Gasteiger partial charge in [0.25, 0.3) is 11.5 Å². The van der Waals surface area contributed by atoms with Gasteiger partial charge in [0.05, 0.1) is 12.6 Å². The minimum absolute atomic E-state index is 0.130. The van der Waals surface area contributed by atoms with Gasteiger partial charge in [-0.2, -0.15) is 0 Å². The van der Waals surface area contributed by atoms with E-state index in [0.29, 0.717) is 6.54 Å². The number of hydrogen-bond acceptors (Lipinski definition) is 3. The fourth-order valence-electron chi connectivity index (χ4n) is 3.18. The molecule has 0 aliphatic carbocycles. The molecular formula is C21H28N2O3. The number of aliphatic hydroxyl groups is 1. The zero-order valence-electron chi connectivity index (χ0n) is 15.8. The van der Waals surface area contributed by atoms with Crippen LogP contribution < -0.4 is 10.9 Å². The number of aryl methyl sites for hydroxylation is 1. The summed E-state index contributed by atoms with van der Waals surface area (Å²) >= 11 is 0. The standard InChI is InChI=1S/C21H28N2O3/c1-4-6-12-23-19(5-2)15(3)13-17(21(23)26)20(25)22-18(14-24)16-10-8-7-9-11-16/h7-11,13,18,24H,4-6,12,14H2,1-3H3,(H,22,25)/t18-/m1/s1. The maximum Gasteiger partial charge on any atom is 0.263 e. The highest BCUT2D eigenvalue weighted by Crippen LogP contribution is 2.14. The molecule has 2 aromatic rings. The van der Waals surface area contributed by atoms with Gasteiger partial charge in [-0.05, 0) is 37.0 Å². The van der Waals surface area contributed by atoms with E-state index in [4.69, 9.17) is 0 Å². The highest BCUT2D eigenvalue weighted by atomic mass is 16.3. The number of nitrogens with zero attached hydrogens (tertiary/aromatic N) is 1. The third-order valence-corrected chi connectivity index (χ3v) is 4.62. The van der Waals surface area contributed by atoms with Gasteiger partial charge in [-0.15, -0.1) is 0 Å². The molecule has 2 N–H and O–H groups in total. The maximum atomic E-state index is 12.9. The van der Waals surface area contributed by atoms with Gasteiger partial charge in [-0.1, -0.05) is 50.6 Å². The molecule has 5 nitrogen and oxygen atoms in total. The Hall–Kier alpha value is -2.40. The smallest absolute Gasteiger partial charge is 0.263 e. The van der Waals surface area contributed by atoms with Crippen LogP contribution >= 0.6 is 0 Å². The topological polar surface area (TPSA) is 71.3 Å². The number of benzene rings is 1. The van der Waals surface area contributed by atoms with Gasteiger partial charge >= 0.3 is 0 Å². The first-order chi connectivity index (χ1) is 12.5. The van der Waals surface area contributed by atoms with Crippen LogP contribution in [0.3, 0.4) is 0 Å². The molecule has 1 heterocycles. The summed E-state index contributed by atoms with van der Waals surface area (Å²) in [6, 6.07) is 10.4. The lowest BCUT2D eigenvalue weighted by molar-refractivity contribution is 0.0914. The first-order valence-electron chi connectivity index (χ1n) is 9.23. The zero-order chi connectivity index (χ0) is 19.1. The van der Waals surface area contributed by atoms with E-state index in [1.54, 1.807) is 10.6 Å². The van der Waals surface area contributed by atoms with Crippen molar-refractivity contribution < 1.29 is 9.90 Å². The lowest BCUT2D eigenvalue weighted by Crippen LogP contribution is -2.37. The quantitative estimate of drug-likeness (QED) is 0.764. The normalized spacial score (nSPS) is 12.0. The third-order valence-electron chi connectivity index (χ3n) is 4.62. The van der Waals surface area contributed by atoms with Crippen molar-refractivity contribution in [1.29, 1.82) is 0 Å². The predicted molar refractivity (Wildman–Crippen MR) is 103 cm³/mol. The number of hydrogen-bond donors (Lipinski definition) is 2. The SMILES string of the molecule is CCCCn1c(CC)c(C)cc(C(=O)N[C@H](CO)c2ccccc2)c1=O. The van der Waals surface area contributed by atoms with E-state index in [0.717, 1.165) is 36.1 Å². The Morgan fingerprint density at radius 2 is 1.92 bits per heavy atom. The Bertz CT molecular complexity index is 797. The second kappa shape index (κ2) is 9.34. The van der Waals surface area contributed by atoms with Crippen LogP contribution in [-0.4, -0.2) is 22.2 Å². The highest BCUT2D eigenvalue weighted by Gasteiger charge is 2.20. The number of rotatable bonds is 8. The predicted octanol–water partition coefficient (Wildman–Crippen LogP) is 2.98. The van der Waals surface area contributed by atoms with Crippen molar-refractivity contribution in [2.75, 3.05) is 6.61 Å². The molecule has 2 rings (SSSR count). The number of nitrogens with one attached hydrogen (secondary N) is 1. The minimum Gasteiger partial charge on any atom is -0.394 e. The number of unbranched alkanes of at least 4 members (excludes halogenated alkanes) is 1. The maximum absolute atomic E-state index is 12.9. The molecule has 1 atom stereocenters. The molecule has 0 unspecified atom stereocenters. The van der Waals surface area contributed by atoms with E-state index >= 15 is 0 Å². The number of carbonyl (C=O) groups excluding carboxylic acids is 1. The van der Waals surface area contributed by atoms with E-state index in [-0.39, 0.29) is 17.7 Å². The molecule has 0 fully saturated rings.